The second-order valence-electron chi connectivity index (χ2n) is 4.53. The number of hydrogen-bond donors (Lipinski definition) is 3. The van der Waals surface area contributed by atoms with E-state index in [1.807, 2.05) is 4.90 Å². The van der Waals surface area contributed by atoms with E-state index in [1.54, 1.807) is 6.07 Å². The van der Waals surface area contributed by atoms with Crippen LogP contribution < -0.4 is 4.90 Å². The Kier molecular flexibility index (Phi) is 4.64. The van der Waals surface area contributed by atoms with E-state index in [0.717, 1.165) is 0 Å². The first-order valence-corrected chi connectivity index (χ1v) is 6.58. The Morgan fingerprint density at radius 2 is 2.05 bits per heavy atom. The van der Waals surface area contributed by atoms with E-state index in [2.05, 4.69) is 4.98 Å². The molecule has 0 aromatic carbocycles. The van der Waals surface area contributed by atoms with Crippen molar-refractivity contribution >= 4 is 23.5 Å². The molecule has 1 aliphatic heterocycles. The highest BCUT2D eigenvalue weighted by atomic mass is 35.5. The summed E-state index contributed by atoms with van der Waals surface area (Å²) in [5, 5.41) is 27.7. The summed E-state index contributed by atoms with van der Waals surface area (Å²) in [6.07, 6.45) is -0.464. The minimum absolute atomic E-state index is 0.374. The summed E-state index contributed by atoms with van der Waals surface area (Å²) in [6, 6.07) is 1.56. The lowest BCUT2D eigenvalue weighted by molar-refractivity contribution is 0.0953. The standard InChI is InChI=1S/C12H16ClN3O4/c13-9-5-8(10(18)7-17)6-14-11(9)15-1-3-16(4-2-15)12(19)20/h5-6,10,17-18H,1-4,7H2,(H,19,20). The Bertz CT molecular complexity index is 492. The molecule has 1 aromatic heterocycles. The number of amides is 1. The maximum atomic E-state index is 10.8. The lowest BCUT2D eigenvalue weighted by atomic mass is 10.1. The molecule has 20 heavy (non-hydrogen) atoms. The smallest absolute Gasteiger partial charge is 0.407 e. The van der Waals surface area contributed by atoms with Gasteiger partial charge in [0.1, 0.15) is 11.9 Å². The van der Waals surface area contributed by atoms with Gasteiger partial charge >= 0.3 is 6.09 Å². The Labute approximate surface area is 121 Å². The van der Waals surface area contributed by atoms with Crippen LogP contribution in [0.1, 0.15) is 11.7 Å². The van der Waals surface area contributed by atoms with Crippen molar-refractivity contribution in [3.63, 3.8) is 0 Å². The number of hydrogen-bond acceptors (Lipinski definition) is 5. The lowest BCUT2D eigenvalue weighted by Gasteiger charge is -2.34. The fourth-order valence-electron chi connectivity index (χ4n) is 2.08. The van der Waals surface area contributed by atoms with E-state index in [-0.39, 0.29) is 0 Å². The van der Waals surface area contributed by atoms with Crippen molar-refractivity contribution in [1.82, 2.24) is 9.88 Å². The zero-order valence-corrected chi connectivity index (χ0v) is 11.5. The second kappa shape index (κ2) is 6.25. The topological polar surface area (TPSA) is 97.1 Å². The number of carboxylic acid groups (broad SMARTS) is 1. The predicted molar refractivity (Wildman–Crippen MR) is 73.1 cm³/mol. The number of halogens is 1. The van der Waals surface area contributed by atoms with Crippen molar-refractivity contribution in [2.45, 2.75) is 6.10 Å². The van der Waals surface area contributed by atoms with Crippen molar-refractivity contribution in [3.8, 4) is 0 Å². The number of aliphatic hydroxyl groups is 2. The summed E-state index contributed by atoms with van der Waals surface area (Å²) in [6.45, 7) is 1.43. The number of carbonyl (C=O) groups is 1. The van der Waals surface area contributed by atoms with Crippen LogP contribution in [0.5, 0.6) is 0 Å². The van der Waals surface area contributed by atoms with Crippen LogP contribution in [0.15, 0.2) is 12.3 Å². The van der Waals surface area contributed by atoms with Crippen molar-refractivity contribution in [2.75, 3.05) is 37.7 Å². The third-order valence-corrected chi connectivity index (χ3v) is 3.53. The number of pyridine rings is 1. The van der Waals surface area contributed by atoms with Gasteiger partial charge in [-0.05, 0) is 6.07 Å². The van der Waals surface area contributed by atoms with Crippen LogP contribution in [-0.4, -0.2) is 64.1 Å². The number of nitrogens with zero attached hydrogens (tertiary/aromatic N) is 3. The van der Waals surface area contributed by atoms with Gasteiger partial charge in [-0.15, -0.1) is 0 Å². The predicted octanol–water partition coefficient (Wildman–Crippen LogP) is 0.561. The van der Waals surface area contributed by atoms with E-state index in [9.17, 15) is 9.90 Å². The monoisotopic (exact) mass is 301 g/mol. The molecule has 2 heterocycles. The fourth-order valence-corrected chi connectivity index (χ4v) is 2.37. The number of piperazine rings is 1. The molecule has 1 unspecified atom stereocenters. The normalized spacial score (nSPS) is 17.1. The van der Waals surface area contributed by atoms with Gasteiger partial charge in [0, 0.05) is 37.9 Å². The maximum absolute atomic E-state index is 10.8. The van der Waals surface area contributed by atoms with Gasteiger partial charge in [0.15, 0.2) is 0 Å². The van der Waals surface area contributed by atoms with Crippen LogP contribution >= 0.6 is 11.6 Å². The second-order valence-corrected chi connectivity index (χ2v) is 4.94. The Morgan fingerprint density at radius 3 is 2.55 bits per heavy atom. The van der Waals surface area contributed by atoms with Gasteiger partial charge in [0.2, 0.25) is 0 Å². The van der Waals surface area contributed by atoms with Gasteiger partial charge in [-0.3, -0.25) is 0 Å². The zero-order chi connectivity index (χ0) is 14.7. The molecule has 1 aliphatic rings. The molecule has 7 nitrogen and oxygen atoms in total. The number of rotatable bonds is 3. The van der Waals surface area contributed by atoms with E-state index in [4.69, 9.17) is 21.8 Å². The third-order valence-electron chi connectivity index (χ3n) is 3.25. The molecule has 0 saturated carbocycles. The van der Waals surface area contributed by atoms with Gasteiger partial charge in [-0.2, -0.15) is 0 Å². The minimum atomic E-state index is -1.00. The molecule has 1 amide bonds. The van der Waals surface area contributed by atoms with Gasteiger partial charge in [-0.1, -0.05) is 11.6 Å². The third kappa shape index (κ3) is 3.12. The van der Waals surface area contributed by atoms with Crippen molar-refractivity contribution < 1.29 is 20.1 Å². The molecule has 0 bridgehead atoms. The van der Waals surface area contributed by atoms with Crippen molar-refractivity contribution in [2.24, 2.45) is 0 Å². The molecule has 1 atom stereocenters. The highest BCUT2D eigenvalue weighted by molar-refractivity contribution is 6.33. The summed E-state index contributed by atoms with van der Waals surface area (Å²) in [5.41, 5.74) is 0.449. The van der Waals surface area contributed by atoms with Gasteiger partial charge in [-0.25, -0.2) is 9.78 Å². The molecule has 1 fully saturated rings. The first-order valence-electron chi connectivity index (χ1n) is 6.20. The number of aliphatic hydroxyl groups excluding tert-OH is 2. The highest BCUT2D eigenvalue weighted by Gasteiger charge is 2.23. The highest BCUT2D eigenvalue weighted by Crippen LogP contribution is 2.27. The molecule has 2 rings (SSSR count). The molecule has 0 radical (unpaired) electrons. The number of anilines is 1. The van der Waals surface area contributed by atoms with Crippen LogP contribution in [-0.2, 0) is 0 Å². The molecule has 0 aliphatic carbocycles. The Morgan fingerprint density at radius 1 is 1.40 bits per heavy atom. The SMILES string of the molecule is O=C(O)N1CCN(c2ncc(C(O)CO)cc2Cl)CC1. The molecule has 8 heteroatoms. The van der Waals surface area contributed by atoms with Gasteiger partial charge < -0.3 is 25.1 Å². The summed E-state index contributed by atoms with van der Waals surface area (Å²) in [5.74, 6) is 0.561. The van der Waals surface area contributed by atoms with E-state index >= 15 is 0 Å². The largest absolute Gasteiger partial charge is 0.465 e. The van der Waals surface area contributed by atoms with Crippen molar-refractivity contribution in [3.05, 3.63) is 22.8 Å². The average Bonchev–Trinajstić information content (AvgIpc) is 2.46. The van der Waals surface area contributed by atoms with Crippen LogP contribution in [0.25, 0.3) is 0 Å². The molecule has 3 N–H and O–H groups in total. The fraction of sp³-hybridized carbons (Fsp3) is 0.500. The van der Waals surface area contributed by atoms with Crippen molar-refractivity contribution in [1.29, 1.82) is 0 Å². The van der Waals surface area contributed by atoms with Gasteiger partial charge in [0.05, 0.1) is 11.6 Å². The lowest BCUT2D eigenvalue weighted by Crippen LogP contribution is -2.48. The Hall–Kier alpha value is -1.57. The minimum Gasteiger partial charge on any atom is -0.465 e. The van der Waals surface area contributed by atoms with Crippen LogP contribution in [0.4, 0.5) is 10.6 Å². The Balaban J connectivity index is 2.09. The molecular weight excluding hydrogens is 286 g/mol. The molecule has 1 aromatic rings. The van der Waals surface area contributed by atoms with Crippen LogP contribution in [0.3, 0.4) is 0 Å². The summed E-state index contributed by atoms with van der Waals surface area (Å²) in [7, 11) is 0. The average molecular weight is 302 g/mol. The first kappa shape index (κ1) is 14.8. The van der Waals surface area contributed by atoms with Crippen LogP contribution in [0, 0.1) is 0 Å². The number of aromatic nitrogens is 1. The molecule has 1 saturated heterocycles. The van der Waals surface area contributed by atoms with E-state index in [0.29, 0.717) is 42.6 Å². The molecule has 110 valence electrons. The summed E-state index contributed by atoms with van der Waals surface area (Å²) >= 11 is 6.14. The van der Waals surface area contributed by atoms with E-state index in [1.165, 1.54) is 11.1 Å². The first-order chi connectivity index (χ1) is 9.52. The molecule has 0 spiro atoms. The molecular formula is C12H16ClN3O4. The van der Waals surface area contributed by atoms with Crippen LogP contribution in [0.2, 0.25) is 5.02 Å². The summed E-state index contributed by atoms with van der Waals surface area (Å²) in [4.78, 5) is 18.3. The zero-order valence-electron chi connectivity index (χ0n) is 10.7. The van der Waals surface area contributed by atoms with E-state index < -0.39 is 18.8 Å². The maximum Gasteiger partial charge on any atom is 0.407 e. The summed E-state index contributed by atoms with van der Waals surface area (Å²) < 4.78 is 0. The van der Waals surface area contributed by atoms with Gasteiger partial charge in [0.25, 0.3) is 0 Å². The quantitative estimate of drug-likeness (QED) is 0.755.